The Kier molecular flexibility index (Phi) is 5.17. The Balaban J connectivity index is 1.83. The molecule has 0 aliphatic heterocycles. The zero-order valence-electron chi connectivity index (χ0n) is 12.3. The van der Waals surface area contributed by atoms with Gasteiger partial charge in [0.2, 0.25) is 0 Å². The van der Waals surface area contributed by atoms with Crippen LogP contribution in [0.25, 0.3) is 0 Å². The third-order valence-corrected chi connectivity index (χ3v) is 5.17. The van der Waals surface area contributed by atoms with E-state index in [0.29, 0.717) is 6.04 Å². The van der Waals surface area contributed by atoms with Crippen molar-refractivity contribution in [1.82, 2.24) is 0 Å². The second kappa shape index (κ2) is 7.30. The largest absolute Gasteiger partial charge is 0.378 e. The Morgan fingerprint density at radius 2 is 1.52 bits per heavy atom. The number of hydrogen-bond acceptors (Lipinski definition) is 1. The Bertz CT molecular complexity index is 544. The zero-order valence-corrected chi connectivity index (χ0v) is 14.4. The number of hydrogen-bond donors (Lipinski definition) is 1. The molecule has 1 fully saturated rings. The van der Waals surface area contributed by atoms with Gasteiger partial charge in [-0.3, -0.25) is 0 Å². The predicted molar refractivity (Wildman–Crippen MR) is 98.5 cm³/mol. The fourth-order valence-electron chi connectivity index (χ4n) is 3.33. The Labute approximate surface area is 141 Å². The third-order valence-electron chi connectivity index (χ3n) is 4.45. The van der Waals surface area contributed by atoms with Crippen LogP contribution in [0.2, 0.25) is 0 Å². The fourth-order valence-corrected chi connectivity index (χ4v) is 3.69. The van der Waals surface area contributed by atoms with Crippen LogP contribution < -0.4 is 5.32 Å². The molecule has 110 valence electrons. The standard InChI is InChI=1S/C19H22IN/c20-17-11-13-18(14-12-17)21-19(15-7-3-1-4-8-15)16-9-5-2-6-10-16/h1,3-4,7-8,11-14,16,19,21H,2,5-6,9-10H2. The van der Waals surface area contributed by atoms with E-state index in [-0.39, 0.29) is 0 Å². The maximum atomic E-state index is 3.79. The van der Waals surface area contributed by atoms with E-state index in [1.807, 2.05) is 0 Å². The van der Waals surface area contributed by atoms with Crippen LogP contribution in [0.15, 0.2) is 54.6 Å². The highest BCUT2D eigenvalue weighted by molar-refractivity contribution is 14.1. The van der Waals surface area contributed by atoms with Gasteiger partial charge in [0.05, 0.1) is 6.04 Å². The Hall–Kier alpha value is -1.03. The lowest BCUT2D eigenvalue weighted by molar-refractivity contribution is 0.321. The lowest BCUT2D eigenvalue weighted by atomic mass is 9.81. The van der Waals surface area contributed by atoms with Gasteiger partial charge in [-0.1, -0.05) is 49.6 Å². The van der Waals surface area contributed by atoms with E-state index in [4.69, 9.17) is 0 Å². The number of benzene rings is 2. The van der Waals surface area contributed by atoms with Crippen molar-refractivity contribution in [3.8, 4) is 0 Å². The summed E-state index contributed by atoms with van der Waals surface area (Å²) in [6.07, 6.45) is 6.85. The molecule has 1 N–H and O–H groups in total. The molecule has 0 bridgehead atoms. The first-order chi connectivity index (χ1) is 10.3. The van der Waals surface area contributed by atoms with Crippen molar-refractivity contribution >= 4 is 28.3 Å². The molecule has 0 saturated heterocycles. The lowest BCUT2D eigenvalue weighted by Gasteiger charge is -2.32. The number of halogens is 1. The Morgan fingerprint density at radius 3 is 2.19 bits per heavy atom. The topological polar surface area (TPSA) is 12.0 Å². The van der Waals surface area contributed by atoms with Crippen LogP contribution >= 0.6 is 22.6 Å². The monoisotopic (exact) mass is 391 g/mol. The van der Waals surface area contributed by atoms with Crippen LogP contribution in [0.4, 0.5) is 5.69 Å². The summed E-state index contributed by atoms with van der Waals surface area (Å²) in [6, 6.07) is 20.1. The van der Waals surface area contributed by atoms with Gasteiger partial charge in [0, 0.05) is 9.26 Å². The highest BCUT2D eigenvalue weighted by Gasteiger charge is 2.24. The first kappa shape index (κ1) is 14.9. The van der Waals surface area contributed by atoms with Gasteiger partial charge in [-0.15, -0.1) is 0 Å². The van der Waals surface area contributed by atoms with Crippen LogP contribution in [0.1, 0.15) is 43.7 Å². The van der Waals surface area contributed by atoms with Gasteiger partial charge in [0.25, 0.3) is 0 Å². The van der Waals surface area contributed by atoms with Crippen LogP contribution in [0, 0.1) is 9.49 Å². The molecular formula is C19H22IN. The van der Waals surface area contributed by atoms with Gasteiger partial charge in [-0.05, 0) is 71.2 Å². The van der Waals surface area contributed by atoms with Crippen molar-refractivity contribution in [3.63, 3.8) is 0 Å². The molecular weight excluding hydrogens is 369 g/mol. The molecule has 0 amide bonds. The number of rotatable bonds is 4. The quantitative estimate of drug-likeness (QED) is 0.628. The van der Waals surface area contributed by atoms with Crippen LogP contribution in [0.3, 0.4) is 0 Å². The minimum Gasteiger partial charge on any atom is -0.378 e. The molecule has 21 heavy (non-hydrogen) atoms. The second-order valence-electron chi connectivity index (χ2n) is 5.94. The van der Waals surface area contributed by atoms with Gasteiger partial charge in [-0.25, -0.2) is 0 Å². The second-order valence-corrected chi connectivity index (χ2v) is 7.18. The summed E-state index contributed by atoms with van der Waals surface area (Å²) < 4.78 is 1.28. The van der Waals surface area contributed by atoms with Crippen molar-refractivity contribution < 1.29 is 0 Å². The van der Waals surface area contributed by atoms with E-state index in [0.717, 1.165) is 5.92 Å². The smallest absolute Gasteiger partial charge is 0.0542 e. The van der Waals surface area contributed by atoms with E-state index in [1.54, 1.807) is 0 Å². The molecule has 1 aliphatic carbocycles. The SMILES string of the molecule is Ic1ccc(NC(c2ccccc2)C2CCCCC2)cc1. The highest BCUT2D eigenvalue weighted by atomic mass is 127. The predicted octanol–water partition coefficient (Wildman–Crippen LogP) is 6.02. The van der Waals surface area contributed by atoms with Gasteiger partial charge >= 0.3 is 0 Å². The van der Waals surface area contributed by atoms with Gasteiger partial charge in [-0.2, -0.15) is 0 Å². The average Bonchev–Trinajstić information content (AvgIpc) is 2.56. The van der Waals surface area contributed by atoms with Crippen molar-refractivity contribution in [2.45, 2.75) is 38.1 Å². The average molecular weight is 391 g/mol. The maximum Gasteiger partial charge on any atom is 0.0542 e. The summed E-state index contributed by atoms with van der Waals surface area (Å²) >= 11 is 2.36. The molecule has 1 nitrogen and oxygen atoms in total. The fraction of sp³-hybridized carbons (Fsp3) is 0.368. The highest BCUT2D eigenvalue weighted by Crippen LogP contribution is 2.36. The molecule has 1 saturated carbocycles. The summed E-state index contributed by atoms with van der Waals surface area (Å²) in [5.41, 5.74) is 2.65. The van der Waals surface area contributed by atoms with E-state index >= 15 is 0 Å². The van der Waals surface area contributed by atoms with E-state index < -0.39 is 0 Å². The number of anilines is 1. The molecule has 0 radical (unpaired) electrons. The summed E-state index contributed by atoms with van der Waals surface area (Å²) in [5, 5.41) is 3.79. The van der Waals surface area contributed by atoms with Crippen LogP contribution in [0.5, 0.6) is 0 Å². The van der Waals surface area contributed by atoms with Crippen molar-refractivity contribution in [1.29, 1.82) is 0 Å². The normalized spacial score (nSPS) is 17.4. The minimum absolute atomic E-state index is 0.437. The molecule has 3 rings (SSSR count). The molecule has 1 aliphatic rings. The molecule has 1 unspecified atom stereocenters. The molecule has 2 heteroatoms. The molecule has 0 spiro atoms. The van der Waals surface area contributed by atoms with E-state index in [1.165, 1.54) is 46.9 Å². The number of nitrogens with one attached hydrogen (secondary N) is 1. The first-order valence-corrected chi connectivity index (χ1v) is 8.98. The molecule has 1 atom stereocenters. The zero-order chi connectivity index (χ0) is 14.5. The maximum absolute atomic E-state index is 3.79. The van der Waals surface area contributed by atoms with Crippen LogP contribution in [-0.2, 0) is 0 Å². The molecule has 2 aromatic carbocycles. The van der Waals surface area contributed by atoms with Crippen molar-refractivity contribution in [2.24, 2.45) is 5.92 Å². The first-order valence-electron chi connectivity index (χ1n) is 7.90. The van der Waals surface area contributed by atoms with Gasteiger partial charge < -0.3 is 5.32 Å². The molecule has 2 aromatic rings. The summed E-state index contributed by atoms with van der Waals surface area (Å²) in [7, 11) is 0. The molecule has 0 aromatic heterocycles. The summed E-state index contributed by atoms with van der Waals surface area (Å²) in [6.45, 7) is 0. The van der Waals surface area contributed by atoms with Crippen molar-refractivity contribution in [2.75, 3.05) is 5.32 Å². The Morgan fingerprint density at radius 1 is 0.857 bits per heavy atom. The van der Waals surface area contributed by atoms with Crippen LogP contribution in [-0.4, -0.2) is 0 Å². The summed E-state index contributed by atoms with van der Waals surface area (Å²) in [5.74, 6) is 0.750. The van der Waals surface area contributed by atoms with E-state index in [9.17, 15) is 0 Å². The lowest BCUT2D eigenvalue weighted by Crippen LogP contribution is -2.23. The van der Waals surface area contributed by atoms with Crippen molar-refractivity contribution in [3.05, 3.63) is 63.7 Å². The third kappa shape index (κ3) is 4.00. The summed E-state index contributed by atoms with van der Waals surface area (Å²) in [4.78, 5) is 0. The molecule has 0 heterocycles. The van der Waals surface area contributed by atoms with Gasteiger partial charge in [0.1, 0.15) is 0 Å². The minimum atomic E-state index is 0.437. The van der Waals surface area contributed by atoms with Gasteiger partial charge in [0.15, 0.2) is 0 Å². The van der Waals surface area contributed by atoms with E-state index in [2.05, 4.69) is 82.5 Å².